The molecule has 1 saturated heterocycles. The van der Waals surface area contributed by atoms with Crippen LogP contribution in [0.2, 0.25) is 5.02 Å². The molecule has 1 amide bonds. The zero-order valence-electron chi connectivity index (χ0n) is 23.1. The molecule has 1 N–H and O–H groups in total. The lowest BCUT2D eigenvalue weighted by Gasteiger charge is -2.38. The van der Waals surface area contributed by atoms with Crippen LogP contribution in [0.4, 0.5) is 10.1 Å². The molecular formula is C31H30ClFN2O6S. The maximum atomic E-state index is 14.5. The summed E-state index contributed by atoms with van der Waals surface area (Å²) >= 11 is 6.25. The molecule has 8 nitrogen and oxygen atoms in total. The molecule has 0 radical (unpaired) electrons. The molecule has 0 bridgehead atoms. The third-order valence-electron chi connectivity index (χ3n) is 7.50. The average Bonchev–Trinajstić information content (AvgIpc) is 2.90. The van der Waals surface area contributed by atoms with Crippen LogP contribution >= 0.6 is 11.6 Å². The van der Waals surface area contributed by atoms with Gasteiger partial charge in [0.15, 0.2) is 0 Å². The Hall–Kier alpha value is -3.89. The highest BCUT2D eigenvalue weighted by Gasteiger charge is 2.38. The highest BCUT2D eigenvalue weighted by molar-refractivity contribution is 7.92. The maximum absolute atomic E-state index is 14.5. The van der Waals surface area contributed by atoms with Crippen LogP contribution in [-0.2, 0) is 19.6 Å². The summed E-state index contributed by atoms with van der Waals surface area (Å²) < 4.78 is 49.9. The van der Waals surface area contributed by atoms with E-state index >= 15 is 0 Å². The predicted octanol–water partition coefficient (Wildman–Crippen LogP) is 5.63. The van der Waals surface area contributed by atoms with E-state index in [2.05, 4.69) is 0 Å². The number of ether oxygens (including phenoxy) is 1. The zero-order chi connectivity index (χ0) is 30.2. The van der Waals surface area contributed by atoms with E-state index in [1.54, 1.807) is 49.4 Å². The van der Waals surface area contributed by atoms with E-state index in [0.717, 1.165) is 5.56 Å². The molecule has 5 rings (SSSR count). The second-order valence-electron chi connectivity index (χ2n) is 10.6. The molecule has 0 spiro atoms. The normalized spacial score (nSPS) is 17.3. The number of aryl methyl sites for hydroxylation is 1. The van der Waals surface area contributed by atoms with Crippen LogP contribution in [0.1, 0.15) is 36.5 Å². The van der Waals surface area contributed by atoms with Gasteiger partial charge in [0.05, 0.1) is 28.1 Å². The standard InChI is InChI=1S/C31H30ClFN2O6S/c1-19-5-3-6-24(13-19)42(39,40)35-18-23(10-12-29(36)34-16-22(17-34)31(37)38)41-28-11-9-21(15-27(28)35)14-20(2)30-25(32)7-4-8-26(30)33/h3-9,11,13-15,22-23H,10,12,16-18H2,1-2H3,(H,37,38)/b20-14+/t23-/m0/s1. The molecule has 11 heteroatoms. The molecule has 0 aliphatic carbocycles. The molecule has 42 heavy (non-hydrogen) atoms. The molecule has 1 fully saturated rings. The maximum Gasteiger partial charge on any atom is 0.310 e. The average molecular weight is 613 g/mol. The number of benzene rings is 3. The molecule has 0 unspecified atom stereocenters. The van der Waals surface area contributed by atoms with E-state index in [9.17, 15) is 22.4 Å². The summed E-state index contributed by atoms with van der Waals surface area (Å²) in [7, 11) is -4.02. The Morgan fingerprint density at radius 3 is 2.52 bits per heavy atom. The van der Waals surface area contributed by atoms with Crippen molar-refractivity contribution in [2.45, 2.75) is 37.7 Å². The topological polar surface area (TPSA) is 104 Å². The van der Waals surface area contributed by atoms with Gasteiger partial charge in [-0.3, -0.25) is 13.9 Å². The minimum Gasteiger partial charge on any atom is -0.486 e. The fourth-order valence-electron chi connectivity index (χ4n) is 5.18. The van der Waals surface area contributed by atoms with Gasteiger partial charge in [-0.15, -0.1) is 0 Å². The van der Waals surface area contributed by atoms with Crippen LogP contribution in [0.25, 0.3) is 11.6 Å². The Bertz CT molecular complexity index is 1670. The summed E-state index contributed by atoms with van der Waals surface area (Å²) in [5.41, 5.74) is 2.56. The molecule has 0 saturated carbocycles. The van der Waals surface area contributed by atoms with Gasteiger partial charge in [0.25, 0.3) is 10.0 Å². The van der Waals surface area contributed by atoms with Gasteiger partial charge in [-0.1, -0.05) is 41.9 Å². The SMILES string of the molecule is C/C(=C\c1ccc2c(c1)N(S(=O)(=O)c1cccc(C)c1)C[C@H](CCC(=O)N1CC(C(=O)O)C1)O2)c1c(F)cccc1Cl. The van der Waals surface area contributed by atoms with Crippen molar-refractivity contribution in [3.8, 4) is 5.75 Å². The number of carboxylic acid groups (broad SMARTS) is 1. The summed E-state index contributed by atoms with van der Waals surface area (Å²) in [5, 5.41) is 9.35. The van der Waals surface area contributed by atoms with Gasteiger partial charge in [0.1, 0.15) is 17.7 Å². The number of aliphatic carboxylic acids is 1. The summed E-state index contributed by atoms with van der Waals surface area (Å²) in [6.07, 6.45) is 1.45. The minimum atomic E-state index is -4.02. The number of hydrogen-bond acceptors (Lipinski definition) is 5. The Balaban J connectivity index is 1.45. The molecule has 2 aliphatic rings. The van der Waals surface area contributed by atoms with Gasteiger partial charge in [0.2, 0.25) is 5.91 Å². The molecule has 220 valence electrons. The zero-order valence-corrected chi connectivity index (χ0v) is 24.7. The van der Waals surface area contributed by atoms with Crippen LogP contribution in [0, 0.1) is 18.7 Å². The van der Waals surface area contributed by atoms with Gasteiger partial charge in [-0.25, -0.2) is 12.8 Å². The molecular weight excluding hydrogens is 583 g/mol. The van der Waals surface area contributed by atoms with Crippen molar-refractivity contribution in [3.05, 3.63) is 88.2 Å². The lowest BCUT2D eigenvalue weighted by Crippen LogP contribution is -2.53. The number of carboxylic acids is 1. The number of allylic oxidation sites excluding steroid dienone is 1. The van der Waals surface area contributed by atoms with Crippen molar-refractivity contribution in [3.63, 3.8) is 0 Å². The number of amides is 1. The predicted molar refractivity (Wildman–Crippen MR) is 158 cm³/mol. The number of rotatable bonds is 8. The van der Waals surface area contributed by atoms with Crippen LogP contribution in [-0.4, -0.2) is 56.0 Å². The van der Waals surface area contributed by atoms with Crippen LogP contribution < -0.4 is 9.04 Å². The van der Waals surface area contributed by atoms with Gasteiger partial charge >= 0.3 is 5.97 Å². The smallest absolute Gasteiger partial charge is 0.310 e. The first-order valence-corrected chi connectivity index (χ1v) is 15.3. The molecule has 3 aromatic carbocycles. The van der Waals surface area contributed by atoms with Crippen LogP contribution in [0.5, 0.6) is 5.75 Å². The number of sulfonamides is 1. The highest BCUT2D eigenvalue weighted by Crippen LogP contribution is 2.40. The van der Waals surface area contributed by atoms with Gasteiger partial charge in [0, 0.05) is 25.1 Å². The van der Waals surface area contributed by atoms with E-state index in [1.807, 2.05) is 13.0 Å². The minimum absolute atomic E-state index is 0.0282. The summed E-state index contributed by atoms with van der Waals surface area (Å²) in [5.74, 6) is -1.80. The second-order valence-corrected chi connectivity index (χ2v) is 12.9. The van der Waals surface area contributed by atoms with E-state index in [0.29, 0.717) is 22.6 Å². The number of carbonyl (C=O) groups excluding carboxylic acids is 1. The van der Waals surface area contributed by atoms with Crippen molar-refractivity contribution in [2.24, 2.45) is 5.92 Å². The Morgan fingerprint density at radius 1 is 1.10 bits per heavy atom. The van der Waals surface area contributed by atoms with Crippen LogP contribution in [0.15, 0.2) is 65.6 Å². The van der Waals surface area contributed by atoms with Crippen LogP contribution in [0.3, 0.4) is 0 Å². The lowest BCUT2D eigenvalue weighted by molar-refractivity contribution is -0.152. The first kappa shape index (κ1) is 29.6. The fourth-order valence-corrected chi connectivity index (χ4v) is 7.09. The molecule has 1 atom stereocenters. The number of nitrogens with zero attached hydrogens (tertiary/aromatic N) is 2. The Morgan fingerprint density at radius 2 is 1.83 bits per heavy atom. The molecule has 3 aromatic rings. The number of anilines is 1. The summed E-state index contributed by atoms with van der Waals surface area (Å²) in [6.45, 7) is 3.85. The van der Waals surface area contributed by atoms with E-state index in [4.69, 9.17) is 21.4 Å². The van der Waals surface area contributed by atoms with E-state index < -0.39 is 33.8 Å². The number of carbonyl (C=O) groups is 2. The van der Waals surface area contributed by atoms with Crippen molar-refractivity contribution >= 4 is 50.8 Å². The van der Waals surface area contributed by atoms with E-state index in [-0.39, 0.29) is 53.9 Å². The quantitative estimate of drug-likeness (QED) is 0.331. The number of hydrogen-bond donors (Lipinski definition) is 1. The first-order valence-electron chi connectivity index (χ1n) is 13.5. The monoisotopic (exact) mass is 612 g/mol. The van der Waals surface area contributed by atoms with Crippen molar-refractivity contribution < 1.29 is 32.2 Å². The van der Waals surface area contributed by atoms with Gasteiger partial charge < -0.3 is 14.7 Å². The first-order chi connectivity index (χ1) is 19.9. The third kappa shape index (κ3) is 6.00. The van der Waals surface area contributed by atoms with Gasteiger partial charge in [-0.2, -0.15) is 0 Å². The van der Waals surface area contributed by atoms with Gasteiger partial charge in [-0.05, 0) is 73.4 Å². The van der Waals surface area contributed by atoms with Crippen molar-refractivity contribution in [2.75, 3.05) is 23.9 Å². The van der Waals surface area contributed by atoms with Crippen molar-refractivity contribution in [1.82, 2.24) is 4.90 Å². The fraction of sp³-hybridized carbons (Fsp3) is 0.290. The summed E-state index contributed by atoms with van der Waals surface area (Å²) in [6, 6.07) is 16.2. The largest absolute Gasteiger partial charge is 0.486 e. The number of likely N-dealkylation sites (tertiary alicyclic amines) is 1. The summed E-state index contributed by atoms with van der Waals surface area (Å²) in [4.78, 5) is 25.3. The van der Waals surface area contributed by atoms with Crippen molar-refractivity contribution in [1.29, 1.82) is 0 Å². The second kappa shape index (κ2) is 11.8. The third-order valence-corrected chi connectivity index (χ3v) is 9.59. The Kier molecular flexibility index (Phi) is 8.30. The Labute approximate surface area is 249 Å². The molecule has 0 aromatic heterocycles. The van der Waals surface area contributed by atoms with E-state index in [1.165, 1.54) is 27.4 Å². The highest BCUT2D eigenvalue weighted by atomic mass is 35.5. The number of halogens is 2. The molecule has 2 heterocycles. The lowest BCUT2D eigenvalue weighted by atomic mass is 9.99. The number of fused-ring (bicyclic) bond motifs is 1. The molecule has 2 aliphatic heterocycles.